The van der Waals surface area contributed by atoms with Gasteiger partial charge in [-0.3, -0.25) is 4.57 Å². The molecule has 5 nitrogen and oxygen atoms in total. The molecule has 70 heavy (non-hydrogen) atoms. The maximum absolute atomic E-state index is 8.56. The molecule has 0 bridgehead atoms. The summed E-state index contributed by atoms with van der Waals surface area (Å²) in [6.45, 7) is 4.96. The number of aryl methyl sites for hydroxylation is 1. The number of hydrogen-bond donors (Lipinski definition) is 0. The van der Waals surface area contributed by atoms with Gasteiger partial charge in [-0.2, -0.15) is 0 Å². The Hall–Kier alpha value is -8.67. The first-order chi connectivity index (χ1) is 35.5. The first kappa shape index (κ1) is 39.3. The number of hydrogen-bond acceptors (Lipinski definition) is 4. The van der Waals surface area contributed by atoms with Crippen molar-refractivity contribution >= 4 is 44.6 Å². The third kappa shape index (κ3) is 7.76. The predicted molar refractivity (Wildman–Crippen MR) is 292 cm³/mol. The van der Waals surface area contributed by atoms with E-state index in [4.69, 9.17) is 13.8 Å². The molecule has 1 aliphatic heterocycles. The summed E-state index contributed by atoms with van der Waals surface area (Å²) in [5.41, 5.74) is 16.0. The maximum atomic E-state index is 8.56. The Kier molecular flexibility index (Phi) is 9.80. The van der Waals surface area contributed by atoms with Crippen LogP contribution in [0.4, 0.5) is 22.7 Å². The molecule has 0 saturated carbocycles. The van der Waals surface area contributed by atoms with Crippen LogP contribution >= 0.6 is 0 Å². The number of rotatable bonds is 9. The van der Waals surface area contributed by atoms with Crippen LogP contribution in [0, 0.1) is 6.85 Å². The second-order valence-corrected chi connectivity index (χ2v) is 19.0. The van der Waals surface area contributed by atoms with E-state index in [1.54, 1.807) is 12.3 Å². The molecule has 0 N–H and O–H groups in total. The molecular formula is C65H52N4O. The Morgan fingerprint density at radius 1 is 0.471 bits per heavy atom. The highest BCUT2D eigenvalue weighted by Gasteiger charge is 2.32. The Bertz CT molecular complexity index is 3840. The molecule has 0 fully saturated rings. The zero-order chi connectivity index (χ0) is 49.8. The molecule has 0 unspecified atom stereocenters. The minimum Gasteiger partial charge on any atom is -0.457 e. The topological polar surface area (TPSA) is 33.5 Å². The first-order valence-electron chi connectivity index (χ1n) is 25.4. The van der Waals surface area contributed by atoms with E-state index in [0.717, 1.165) is 72.4 Å². The average Bonchev–Trinajstić information content (AvgIpc) is 3.97. The number of para-hydroxylation sites is 4. The monoisotopic (exact) mass is 907 g/mol. The summed E-state index contributed by atoms with van der Waals surface area (Å²) in [5.74, 6) is 1.84. The highest BCUT2D eigenvalue weighted by Crippen LogP contribution is 2.51. The Morgan fingerprint density at radius 3 is 1.86 bits per heavy atom. The number of fused-ring (bicyclic) bond motifs is 4. The lowest BCUT2D eigenvalue weighted by Crippen LogP contribution is -2.25. The van der Waals surface area contributed by atoms with Crippen molar-refractivity contribution in [1.29, 1.82) is 0 Å². The van der Waals surface area contributed by atoms with Gasteiger partial charge in [-0.1, -0.05) is 178 Å². The summed E-state index contributed by atoms with van der Waals surface area (Å²) in [5, 5.41) is 2.04. The van der Waals surface area contributed by atoms with E-state index in [0.29, 0.717) is 29.5 Å². The van der Waals surface area contributed by atoms with Crippen LogP contribution in [0.5, 0.6) is 11.5 Å². The lowest BCUT2D eigenvalue weighted by molar-refractivity contribution is 0.483. The lowest BCUT2D eigenvalue weighted by atomic mass is 9.85. The maximum Gasteiger partial charge on any atom is 0.137 e. The second-order valence-electron chi connectivity index (χ2n) is 19.0. The fourth-order valence-corrected chi connectivity index (χ4v) is 10.1. The van der Waals surface area contributed by atoms with Gasteiger partial charge in [-0.05, 0) is 106 Å². The molecule has 0 saturated heterocycles. The van der Waals surface area contributed by atoms with Crippen molar-refractivity contribution in [3.05, 3.63) is 242 Å². The van der Waals surface area contributed by atoms with Gasteiger partial charge >= 0.3 is 0 Å². The number of anilines is 4. The highest BCUT2D eigenvalue weighted by molar-refractivity contribution is 6.09. The average molecular weight is 908 g/mol. The molecule has 2 aromatic heterocycles. The molecule has 3 heterocycles. The highest BCUT2D eigenvalue weighted by atomic mass is 16.5. The minimum atomic E-state index is -2.37. The van der Waals surface area contributed by atoms with E-state index < -0.39 is 6.85 Å². The van der Waals surface area contributed by atoms with E-state index in [2.05, 4.69) is 176 Å². The van der Waals surface area contributed by atoms with Crippen LogP contribution in [0.3, 0.4) is 0 Å². The molecule has 5 heteroatoms. The second kappa shape index (κ2) is 17.4. The fourth-order valence-electron chi connectivity index (χ4n) is 10.1. The van der Waals surface area contributed by atoms with Gasteiger partial charge in [0, 0.05) is 55.6 Å². The lowest BCUT2D eigenvalue weighted by Gasteiger charge is -2.28. The molecular weight excluding hydrogens is 853 g/mol. The molecule has 0 radical (unpaired) electrons. The smallest absolute Gasteiger partial charge is 0.137 e. The molecule has 0 spiro atoms. The van der Waals surface area contributed by atoms with Crippen molar-refractivity contribution in [2.75, 3.05) is 16.5 Å². The minimum absolute atomic E-state index is 0.0290. The van der Waals surface area contributed by atoms with Crippen molar-refractivity contribution in [2.45, 2.75) is 33.0 Å². The summed E-state index contributed by atoms with van der Waals surface area (Å²) in [6, 6.07) is 77.7. The molecule has 1 aliphatic rings. The van der Waals surface area contributed by atoms with Gasteiger partial charge in [0.2, 0.25) is 0 Å². The van der Waals surface area contributed by atoms with Gasteiger partial charge in [0.1, 0.15) is 24.0 Å². The van der Waals surface area contributed by atoms with Crippen LogP contribution in [-0.4, -0.2) is 16.2 Å². The van der Waals surface area contributed by atoms with Crippen molar-refractivity contribution in [1.82, 2.24) is 9.55 Å². The summed E-state index contributed by atoms with van der Waals surface area (Å²) in [7, 11) is 0. The largest absolute Gasteiger partial charge is 0.457 e. The molecule has 0 amide bonds. The molecule has 11 aromatic rings. The van der Waals surface area contributed by atoms with E-state index in [1.807, 2.05) is 77.4 Å². The van der Waals surface area contributed by atoms with Gasteiger partial charge in [0.05, 0.1) is 28.1 Å². The summed E-state index contributed by atoms with van der Waals surface area (Å²) in [4.78, 5) is 9.75. The predicted octanol–water partition coefficient (Wildman–Crippen LogP) is 17.5. The van der Waals surface area contributed by atoms with Crippen LogP contribution in [0.15, 0.2) is 231 Å². The van der Waals surface area contributed by atoms with Gasteiger partial charge < -0.3 is 14.5 Å². The Labute approximate surface area is 414 Å². The summed E-state index contributed by atoms with van der Waals surface area (Å²) in [6.07, 6.45) is 1.68. The SMILES string of the molecule is [2H]C([2H])([2H])c1cc(-n2c3ccccc3c3ccc(Oc4cccc(N5CN(c6c(-c7ccc(C(C)(C)C)cc7)cccc6-c6cccc(-c7ccccc7)c6)c6ccccc65)c4)cc32)ncc1-c1ccccc1. The third-order valence-corrected chi connectivity index (χ3v) is 13.6. The number of ether oxygens (including phenoxy) is 1. The summed E-state index contributed by atoms with van der Waals surface area (Å²) >= 11 is 0. The van der Waals surface area contributed by atoms with Gasteiger partial charge in [0.25, 0.3) is 0 Å². The van der Waals surface area contributed by atoms with Crippen LogP contribution in [-0.2, 0) is 5.41 Å². The Morgan fingerprint density at radius 2 is 1.09 bits per heavy atom. The number of benzene rings is 9. The van der Waals surface area contributed by atoms with Crippen molar-refractivity contribution < 1.29 is 8.85 Å². The first-order valence-corrected chi connectivity index (χ1v) is 23.9. The van der Waals surface area contributed by atoms with Crippen LogP contribution in [0.25, 0.3) is 72.1 Å². The van der Waals surface area contributed by atoms with Crippen LogP contribution < -0.4 is 14.5 Å². The standard InChI is InChI=1S/C65H52N4O/c1-44-38-63(66-42-58(44)46-20-9-6-10-21-46)69-59-29-12-11-26-56(59)57-37-36-53(41-62(57)69)70-52-25-16-24-51(40-52)67-43-68(61-31-14-13-30-60(61)67)64-54(47-32-34-50(35-33-47)65(2,3)4)27-17-28-55(64)49-23-15-22-48(39-49)45-18-7-5-8-19-45/h5-42H,43H2,1-4H3/i1D3. The molecule has 338 valence electrons. The van der Waals surface area contributed by atoms with E-state index in [9.17, 15) is 0 Å². The zero-order valence-electron chi connectivity index (χ0n) is 42.3. The molecule has 12 rings (SSSR count). The Balaban J connectivity index is 0.925. The van der Waals surface area contributed by atoms with Gasteiger partial charge in [-0.25, -0.2) is 4.98 Å². The van der Waals surface area contributed by atoms with Gasteiger partial charge in [-0.15, -0.1) is 0 Å². The quantitative estimate of drug-likeness (QED) is 0.144. The number of pyridine rings is 1. The van der Waals surface area contributed by atoms with E-state index in [1.165, 1.54) is 16.7 Å². The van der Waals surface area contributed by atoms with E-state index >= 15 is 0 Å². The third-order valence-electron chi connectivity index (χ3n) is 13.6. The summed E-state index contributed by atoms with van der Waals surface area (Å²) < 4.78 is 34.5. The molecule has 9 aromatic carbocycles. The van der Waals surface area contributed by atoms with Gasteiger partial charge in [0.15, 0.2) is 0 Å². The molecule has 0 atom stereocenters. The zero-order valence-corrected chi connectivity index (χ0v) is 39.3. The van der Waals surface area contributed by atoms with Crippen LogP contribution in [0.1, 0.15) is 36.0 Å². The van der Waals surface area contributed by atoms with Crippen molar-refractivity contribution in [3.8, 4) is 61.8 Å². The van der Waals surface area contributed by atoms with Crippen molar-refractivity contribution in [2.24, 2.45) is 0 Å². The normalized spacial score (nSPS) is 13.3. The fraction of sp³-hybridized carbons (Fsp3) is 0.0923. The van der Waals surface area contributed by atoms with E-state index in [-0.39, 0.29) is 11.0 Å². The number of aromatic nitrogens is 2. The molecule has 0 aliphatic carbocycles. The number of nitrogens with zero attached hydrogens (tertiary/aromatic N) is 4. The van der Waals surface area contributed by atoms with Crippen LogP contribution in [0.2, 0.25) is 0 Å². The van der Waals surface area contributed by atoms with Crippen molar-refractivity contribution in [3.63, 3.8) is 0 Å².